The topological polar surface area (TPSA) is 49.8 Å². The highest BCUT2D eigenvalue weighted by Gasteiger charge is 2.37. The number of carbonyl (C=O) groups excluding carboxylic acids is 1. The molecule has 2 fully saturated rings. The van der Waals surface area contributed by atoms with E-state index < -0.39 is 0 Å². The molecule has 0 amide bonds. The first-order valence-corrected chi connectivity index (χ1v) is 6.15. The van der Waals surface area contributed by atoms with E-state index in [2.05, 4.69) is 4.90 Å². The lowest BCUT2D eigenvalue weighted by molar-refractivity contribution is -0.117. The standard InChI is InChI=1S/C12H21NO3/c14-7-11-2-1-4-13(6-11)8-12(9-15)3-5-16-10-12/h9,11,14H,1-8,10H2. The van der Waals surface area contributed by atoms with Crippen LogP contribution in [0.3, 0.4) is 0 Å². The van der Waals surface area contributed by atoms with Gasteiger partial charge in [-0.25, -0.2) is 0 Å². The Balaban J connectivity index is 1.90. The van der Waals surface area contributed by atoms with E-state index in [4.69, 9.17) is 4.74 Å². The molecule has 2 aliphatic rings. The lowest BCUT2D eigenvalue weighted by Gasteiger charge is -2.36. The highest BCUT2D eigenvalue weighted by Crippen LogP contribution is 2.29. The number of nitrogens with zero attached hydrogens (tertiary/aromatic N) is 1. The lowest BCUT2D eigenvalue weighted by atomic mass is 9.87. The molecule has 0 saturated carbocycles. The van der Waals surface area contributed by atoms with Gasteiger partial charge in [0, 0.05) is 26.3 Å². The van der Waals surface area contributed by atoms with E-state index in [-0.39, 0.29) is 12.0 Å². The van der Waals surface area contributed by atoms with Crippen LogP contribution in [0, 0.1) is 11.3 Å². The lowest BCUT2D eigenvalue weighted by Crippen LogP contribution is -2.44. The fourth-order valence-electron chi connectivity index (χ4n) is 2.77. The maximum absolute atomic E-state index is 11.2. The zero-order valence-electron chi connectivity index (χ0n) is 9.73. The SMILES string of the molecule is O=CC1(CN2CCCC(CO)C2)CCOC1. The van der Waals surface area contributed by atoms with Crippen molar-refractivity contribution in [3.05, 3.63) is 0 Å². The number of carbonyl (C=O) groups is 1. The number of aldehydes is 1. The summed E-state index contributed by atoms with van der Waals surface area (Å²) < 4.78 is 5.34. The zero-order chi connectivity index (χ0) is 11.4. The van der Waals surface area contributed by atoms with Crippen LogP contribution in [0.15, 0.2) is 0 Å². The van der Waals surface area contributed by atoms with Crippen molar-refractivity contribution in [2.45, 2.75) is 19.3 Å². The maximum atomic E-state index is 11.2. The predicted octanol–water partition coefficient (Wildman–Crippen LogP) is 0.296. The zero-order valence-corrected chi connectivity index (χ0v) is 9.73. The summed E-state index contributed by atoms with van der Waals surface area (Å²) in [6, 6.07) is 0. The summed E-state index contributed by atoms with van der Waals surface area (Å²) in [7, 11) is 0. The van der Waals surface area contributed by atoms with Crippen molar-refractivity contribution in [2.75, 3.05) is 39.5 Å². The number of ether oxygens (including phenoxy) is 1. The molecular formula is C12H21NO3. The Kier molecular flexibility index (Phi) is 3.95. The van der Waals surface area contributed by atoms with Crippen molar-refractivity contribution in [1.29, 1.82) is 0 Å². The molecule has 0 radical (unpaired) electrons. The molecule has 0 aromatic rings. The summed E-state index contributed by atoms with van der Waals surface area (Å²) in [6.45, 7) is 4.30. The Labute approximate surface area is 96.6 Å². The quantitative estimate of drug-likeness (QED) is 0.702. The van der Waals surface area contributed by atoms with E-state index in [1.165, 1.54) is 0 Å². The van der Waals surface area contributed by atoms with Crippen molar-refractivity contribution in [2.24, 2.45) is 11.3 Å². The highest BCUT2D eigenvalue weighted by molar-refractivity contribution is 5.60. The van der Waals surface area contributed by atoms with E-state index in [9.17, 15) is 9.90 Å². The van der Waals surface area contributed by atoms with E-state index in [0.29, 0.717) is 19.1 Å². The summed E-state index contributed by atoms with van der Waals surface area (Å²) in [4.78, 5) is 13.5. The Morgan fingerprint density at radius 3 is 3.06 bits per heavy atom. The van der Waals surface area contributed by atoms with Gasteiger partial charge in [0.25, 0.3) is 0 Å². The molecule has 2 unspecified atom stereocenters. The van der Waals surface area contributed by atoms with Gasteiger partial charge in [0.1, 0.15) is 6.29 Å². The Morgan fingerprint density at radius 1 is 1.56 bits per heavy atom. The largest absolute Gasteiger partial charge is 0.396 e. The number of rotatable bonds is 4. The number of hydrogen-bond acceptors (Lipinski definition) is 4. The van der Waals surface area contributed by atoms with Gasteiger partial charge < -0.3 is 19.5 Å². The summed E-state index contributed by atoms with van der Waals surface area (Å²) in [5, 5.41) is 9.17. The third-order valence-electron chi connectivity index (χ3n) is 3.78. The Morgan fingerprint density at radius 2 is 2.44 bits per heavy atom. The van der Waals surface area contributed by atoms with Gasteiger partial charge in [-0.1, -0.05) is 0 Å². The molecule has 0 spiro atoms. The monoisotopic (exact) mass is 227 g/mol. The van der Waals surface area contributed by atoms with E-state index in [1.54, 1.807) is 0 Å². The van der Waals surface area contributed by atoms with Crippen LogP contribution in [0.5, 0.6) is 0 Å². The first-order valence-electron chi connectivity index (χ1n) is 6.15. The first-order chi connectivity index (χ1) is 7.78. The third-order valence-corrected chi connectivity index (χ3v) is 3.78. The normalized spacial score (nSPS) is 36.4. The van der Waals surface area contributed by atoms with E-state index in [0.717, 1.165) is 45.2 Å². The molecule has 16 heavy (non-hydrogen) atoms. The van der Waals surface area contributed by atoms with Crippen molar-refractivity contribution in [3.63, 3.8) is 0 Å². The van der Waals surface area contributed by atoms with Crippen molar-refractivity contribution in [3.8, 4) is 0 Å². The Bertz CT molecular complexity index is 238. The second kappa shape index (κ2) is 5.25. The van der Waals surface area contributed by atoms with Crippen molar-refractivity contribution < 1.29 is 14.6 Å². The van der Waals surface area contributed by atoms with Crippen LogP contribution < -0.4 is 0 Å². The summed E-state index contributed by atoms with van der Waals surface area (Å²) in [5.74, 6) is 0.389. The fraction of sp³-hybridized carbons (Fsp3) is 0.917. The molecule has 0 aromatic heterocycles. The molecule has 2 aliphatic heterocycles. The molecule has 4 nitrogen and oxygen atoms in total. The van der Waals surface area contributed by atoms with Gasteiger partial charge in [0.2, 0.25) is 0 Å². The molecule has 0 aromatic carbocycles. The predicted molar refractivity (Wildman–Crippen MR) is 60.2 cm³/mol. The molecule has 1 N–H and O–H groups in total. The minimum absolute atomic E-state index is 0.265. The second-order valence-corrected chi connectivity index (χ2v) is 5.21. The molecular weight excluding hydrogens is 206 g/mol. The highest BCUT2D eigenvalue weighted by atomic mass is 16.5. The average Bonchev–Trinajstić information content (AvgIpc) is 2.78. The molecule has 2 heterocycles. The summed E-state index contributed by atoms with van der Waals surface area (Å²) in [6.07, 6.45) is 4.15. The third kappa shape index (κ3) is 2.62. The molecule has 2 saturated heterocycles. The Hall–Kier alpha value is -0.450. The van der Waals surface area contributed by atoms with E-state index >= 15 is 0 Å². The number of aliphatic hydroxyl groups is 1. The second-order valence-electron chi connectivity index (χ2n) is 5.21. The van der Waals surface area contributed by atoms with Gasteiger partial charge in [-0.05, 0) is 31.7 Å². The van der Waals surface area contributed by atoms with Crippen molar-refractivity contribution >= 4 is 6.29 Å². The minimum atomic E-state index is -0.280. The van der Waals surface area contributed by atoms with Crippen molar-refractivity contribution in [1.82, 2.24) is 4.90 Å². The minimum Gasteiger partial charge on any atom is -0.396 e. The van der Waals surface area contributed by atoms with Crippen LogP contribution in [0.1, 0.15) is 19.3 Å². The molecule has 92 valence electrons. The number of hydrogen-bond donors (Lipinski definition) is 1. The average molecular weight is 227 g/mol. The molecule has 4 heteroatoms. The van der Waals surface area contributed by atoms with Crippen LogP contribution in [0.25, 0.3) is 0 Å². The van der Waals surface area contributed by atoms with Crippen LogP contribution in [0.4, 0.5) is 0 Å². The van der Waals surface area contributed by atoms with Crippen LogP contribution >= 0.6 is 0 Å². The van der Waals surface area contributed by atoms with Crippen LogP contribution in [-0.4, -0.2) is 55.7 Å². The number of aliphatic hydroxyl groups excluding tert-OH is 1. The van der Waals surface area contributed by atoms with Crippen LogP contribution in [0.2, 0.25) is 0 Å². The van der Waals surface area contributed by atoms with Gasteiger partial charge in [0.05, 0.1) is 12.0 Å². The van der Waals surface area contributed by atoms with Gasteiger partial charge in [-0.2, -0.15) is 0 Å². The maximum Gasteiger partial charge on any atom is 0.129 e. The van der Waals surface area contributed by atoms with Gasteiger partial charge >= 0.3 is 0 Å². The number of piperidine rings is 1. The summed E-state index contributed by atoms with van der Waals surface area (Å²) >= 11 is 0. The van der Waals surface area contributed by atoms with Gasteiger partial charge in [-0.3, -0.25) is 0 Å². The summed E-state index contributed by atoms with van der Waals surface area (Å²) in [5.41, 5.74) is -0.280. The molecule has 0 aliphatic carbocycles. The van der Waals surface area contributed by atoms with Crippen LogP contribution in [-0.2, 0) is 9.53 Å². The molecule has 2 atom stereocenters. The first kappa shape index (κ1) is 12.0. The van der Waals surface area contributed by atoms with E-state index in [1.807, 2.05) is 0 Å². The molecule has 2 rings (SSSR count). The number of likely N-dealkylation sites (tertiary alicyclic amines) is 1. The van der Waals surface area contributed by atoms with Gasteiger partial charge in [-0.15, -0.1) is 0 Å². The molecule has 0 bridgehead atoms. The fourth-order valence-corrected chi connectivity index (χ4v) is 2.77. The van der Waals surface area contributed by atoms with Gasteiger partial charge in [0.15, 0.2) is 0 Å². The smallest absolute Gasteiger partial charge is 0.129 e.